The smallest absolute Gasteiger partial charge is 0.419 e. The Morgan fingerprint density at radius 3 is 1.44 bits per heavy atom. The highest BCUT2D eigenvalue weighted by atomic mass is 19.4. The fraction of sp³-hybridized carbons (Fsp3) is 0.250. The minimum absolute atomic E-state index is 0.116. The lowest BCUT2D eigenvalue weighted by Crippen LogP contribution is -2.54. The largest absolute Gasteiger partial charge is 0.508 e. The standard InChI is InChI=1S/C16H9F9O2/c17-14(18,19)11-7-9(3-6-12(11)27)13(15(20,21)22,16(23,24)25)8-1-4-10(26)5-2-8/h1-7,26-27H. The lowest BCUT2D eigenvalue weighted by Gasteiger charge is -2.38. The minimum atomic E-state index is -6.10. The Hall–Kier alpha value is -2.59. The second-order valence-corrected chi connectivity index (χ2v) is 5.52. The van der Waals surface area contributed by atoms with E-state index in [-0.39, 0.29) is 18.2 Å². The Morgan fingerprint density at radius 2 is 1.04 bits per heavy atom. The van der Waals surface area contributed by atoms with Crippen LogP contribution in [0.5, 0.6) is 11.5 Å². The molecule has 0 aromatic heterocycles. The number of hydrogen-bond donors (Lipinski definition) is 2. The molecule has 0 radical (unpaired) electrons. The van der Waals surface area contributed by atoms with Crippen molar-refractivity contribution in [1.82, 2.24) is 0 Å². The molecule has 0 bridgehead atoms. The predicted octanol–water partition coefficient (Wildman–Crippen LogP) is 5.53. The molecule has 0 aliphatic rings. The molecule has 2 N–H and O–H groups in total. The fourth-order valence-corrected chi connectivity index (χ4v) is 2.69. The highest BCUT2D eigenvalue weighted by Gasteiger charge is 2.72. The van der Waals surface area contributed by atoms with E-state index >= 15 is 0 Å². The minimum Gasteiger partial charge on any atom is -0.508 e. The summed E-state index contributed by atoms with van der Waals surface area (Å²) in [5.41, 5.74) is -10.1. The summed E-state index contributed by atoms with van der Waals surface area (Å²) in [6, 6.07) is 1.58. The van der Waals surface area contributed by atoms with E-state index in [0.29, 0.717) is 24.3 Å². The Kier molecular flexibility index (Phi) is 4.79. The van der Waals surface area contributed by atoms with Gasteiger partial charge in [0.2, 0.25) is 5.41 Å². The van der Waals surface area contributed by atoms with Crippen LogP contribution in [0.3, 0.4) is 0 Å². The van der Waals surface area contributed by atoms with Crippen molar-refractivity contribution in [3.05, 3.63) is 59.2 Å². The number of alkyl halides is 9. The molecule has 0 heterocycles. The summed E-state index contributed by atoms with van der Waals surface area (Å²) >= 11 is 0. The van der Waals surface area contributed by atoms with Crippen LogP contribution >= 0.6 is 0 Å². The van der Waals surface area contributed by atoms with Gasteiger partial charge in [-0.25, -0.2) is 0 Å². The van der Waals surface area contributed by atoms with Gasteiger partial charge in [-0.1, -0.05) is 18.2 Å². The molecule has 2 rings (SSSR count). The highest BCUT2D eigenvalue weighted by Crippen LogP contribution is 2.57. The SMILES string of the molecule is Oc1ccc(C(c2ccc(O)c(C(F)(F)F)c2)(C(F)(F)F)C(F)(F)F)cc1. The maximum Gasteiger partial charge on any atom is 0.419 e. The number of phenolic OH excluding ortho intramolecular Hbond substituents is 2. The van der Waals surface area contributed by atoms with Gasteiger partial charge < -0.3 is 10.2 Å². The first-order valence-electron chi connectivity index (χ1n) is 6.96. The van der Waals surface area contributed by atoms with Crippen molar-refractivity contribution < 1.29 is 49.7 Å². The van der Waals surface area contributed by atoms with Gasteiger partial charge in [-0.3, -0.25) is 0 Å². The van der Waals surface area contributed by atoms with Crippen LogP contribution in [0.4, 0.5) is 39.5 Å². The quantitative estimate of drug-likeness (QED) is 0.647. The number of rotatable bonds is 2. The van der Waals surface area contributed by atoms with E-state index in [9.17, 15) is 44.6 Å². The molecule has 2 aromatic rings. The van der Waals surface area contributed by atoms with Crippen molar-refractivity contribution in [3.8, 4) is 11.5 Å². The molecule has 2 nitrogen and oxygen atoms in total. The molecule has 0 aliphatic heterocycles. The molecule has 0 aliphatic carbocycles. The first-order chi connectivity index (χ1) is 12.1. The van der Waals surface area contributed by atoms with Gasteiger partial charge in [-0.05, 0) is 35.4 Å². The first-order valence-corrected chi connectivity index (χ1v) is 6.96. The number of hydrogen-bond acceptors (Lipinski definition) is 2. The summed E-state index contributed by atoms with van der Waals surface area (Å²) in [6.45, 7) is 0. The number of halogens is 9. The number of phenols is 2. The first kappa shape index (κ1) is 20.7. The number of aromatic hydroxyl groups is 2. The second kappa shape index (κ2) is 6.24. The fourth-order valence-electron chi connectivity index (χ4n) is 2.69. The lowest BCUT2D eigenvalue weighted by atomic mass is 9.72. The van der Waals surface area contributed by atoms with Gasteiger partial charge in [0.05, 0.1) is 5.56 Å². The molecule has 27 heavy (non-hydrogen) atoms. The second-order valence-electron chi connectivity index (χ2n) is 5.52. The Balaban J connectivity index is 2.96. The summed E-state index contributed by atoms with van der Waals surface area (Å²) in [7, 11) is 0. The summed E-state index contributed by atoms with van der Waals surface area (Å²) in [4.78, 5) is 0. The highest BCUT2D eigenvalue weighted by molar-refractivity contribution is 5.49. The molecule has 0 unspecified atom stereocenters. The van der Waals surface area contributed by atoms with Gasteiger partial charge in [0.15, 0.2) is 0 Å². The monoisotopic (exact) mass is 404 g/mol. The molecule has 11 heteroatoms. The third kappa shape index (κ3) is 3.37. The van der Waals surface area contributed by atoms with E-state index in [4.69, 9.17) is 5.11 Å². The van der Waals surface area contributed by atoms with E-state index in [1.54, 1.807) is 0 Å². The van der Waals surface area contributed by atoms with Crippen LogP contribution in [-0.2, 0) is 11.6 Å². The van der Waals surface area contributed by atoms with Crippen molar-refractivity contribution >= 4 is 0 Å². The molecule has 0 fully saturated rings. The number of benzene rings is 2. The maximum absolute atomic E-state index is 13.7. The van der Waals surface area contributed by atoms with Crippen LogP contribution in [-0.4, -0.2) is 22.6 Å². The molecular weight excluding hydrogens is 395 g/mol. The van der Waals surface area contributed by atoms with E-state index in [0.717, 1.165) is 0 Å². The average Bonchev–Trinajstić information content (AvgIpc) is 2.47. The van der Waals surface area contributed by atoms with Crippen LogP contribution < -0.4 is 0 Å². The average molecular weight is 404 g/mol. The van der Waals surface area contributed by atoms with Crippen LogP contribution in [0.1, 0.15) is 16.7 Å². The van der Waals surface area contributed by atoms with Crippen LogP contribution in [0.25, 0.3) is 0 Å². The molecule has 148 valence electrons. The van der Waals surface area contributed by atoms with Crippen LogP contribution in [0.15, 0.2) is 42.5 Å². The Bertz CT molecular complexity index is 804. The van der Waals surface area contributed by atoms with Crippen LogP contribution in [0, 0.1) is 0 Å². The van der Waals surface area contributed by atoms with E-state index in [2.05, 4.69) is 0 Å². The third-order valence-corrected chi connectivity index (χ3v) is 3.89. The third-order valence-electron chi connectivity index (χ3n) is 3.89. The van der Waals surface area contributed by atoms with Crippen molar-refractivity contribution in [1.29, 1.82) is 0 Å². The van der Waals surface area contributed by atoms with Gasteiger partial charge in [0, 0.05) is 0 Å². The lowest BCUT2D eigenvalue weighted by molar-refractivity contribution is -0.288. The zero-order valence-electron chi connectivity index (χ0n) is 12.8. The molecule has 0 saturated carbocycles. The van der Waals surface area contributed by atoms with E-state index in [1.165, 1.54) is 0 Å². The molecule has 2 aromatic carbocycles. The maximum atomic E-state index is 13.7. The van der Waals surface area contributed by atoms with Gasteiger partial charge in [0.25, 0.3) is 0 Å². The Morgan fingerprint density at radius 1 is 0.593 bits per heavy atom. The summed E-state index contributed by atoms with van der Waals surface area (Å²) < 4.78 is 121. The van der Waals surface area contributed by atoms with Gasteiger partial charge >= 0.3 is 18.5 Å². The topological polar surface area (TPSA) is 40.5 Å². The van der Waals surface area contributed by atoms with E-state index < -0.39 is 52.1 Å². The van der Waals surface area contributed by atoms with Crippen LogP contribution in [0.2, 0.25) is 0 Å². The summed E-state index contributed by atoms with van der Waals surface area (Å²) in [5, 5.41) is 18.4. The predicted molar refractivity (Wildman–Crippen MR) is 74.1 cm³/mol. The van der Waals surface area contributed by atoms with Gasteiger partial charge in [-0.15, -0.1) is 0 Å². The van der Waals surface area contributed by atoms with Crippen molar-refractivity contribution in [3.63, 3.8) is 0 Å². The summed E-state index contributed by atoms with van der Waals surface area (Å²) in [5.74, 6) is -2.16. The van der Waals surface area contributed by atoms with Gasteiger partial charge in [0.1, 0.15) is 11.5 Å². The van der Waals surface area contributed by atoms with Crippen molar-refractivity contribution in [2.45, 2.75) is 23.9 Å². The van der Waals surface area contributed by atoms with Crippen molar-refractivity contribution in [2.75, 3.05) is 0 Å². The molecule has 0 spiro atoms. The van der Waals surface area contributed by atoms with Gasteiger partial charge in [-0.2, -0.15) is 39.5 Å². The zero-order chi connectivity index (χ0) is 20.8. The van der Waals surface area contributed by atoms with E-state index in [1.807, 2.05) is 0 Å². The molecule has 0 atom stereocenters. The molecule has 0 saturated heterocycles. The zero-order valence-corrected chi connectivity index (χ0v) is 12.8. The Labute approximate surface area is 145 Å². The normalized spacial score (nSPS) is 13.7. The molecule has 0 amide bonds. The van der Waals surface area contributed by atoms with Crippen molar-refractivity contribution in [2.24, 2.45) is 0 Å². The molecular formula is C16H9F9O2. The summed E-state index contributed by atoms with van der Waals surface area (Å²) in [6.07, 6.45) is -17.6.